The summed E-state index contributed by atoms with van der Waals surface area (Å²) >= 11 is 0. The van der Waals surface area contributed by atoms with E-state index in [9.17, 15) is 0 Å². The van der Waals surface area contributed by atoms with Crippen molar-refractivity contribution in [1.29, 1.82) is 0 Å². The van der Waals surface area contributed by atoms with E-state index >= 15 is 0 Å². The van der Waals surface area contributed by atoms with Gasteiger partial charge in [-0.25, -0.2) is 0 Å². The second-order valence-corrected chi connectivity index (χ2v) is 7.35. The zero-order valence-electron chi connectivity index (χ0n) is 14.1. The molecular formula is Cu6O24S6. The minimum atomic E-state index is -5.17. The Morgan fingerprint density at radius 1 is 0.194 bits per heavy atom. The van der Waals surface area contributed by atoms with E-state index in [4.69, 9.17) is 105 Å². The van der Waals surface area contributed by atoms with Gasteiger partial charge in [0.2, 0.25) is 0 Å². The summed E-state index contributed by atoms with van der Waals surface area (Å²) in [6.07, 6.45) is 0. The van der Waals surface area contributed by atoms with Gasteiger partial charge < -0.3 is 54.6 Å². The molecule has 0 aromatic rings. The average Bonchev–Trinajstić information content (AvgIpc) is 1.94. The Kier molecular flexibility index (Phi) is 71.8. The first-order valence-corrected chi connectivity index (χ1v) is 12.0. The molecule has 0 spiro atoms. The van der Waals surface area contributed by atoms with Crippen molar-refractivity contribution in [3.8, 4) is 0 Å². The molecule has 0 bridgehead atoms. The number of rotatable bonds is 0. The van der Waals surface area contributed by atoms with Crippen LogP contribution >= 0.6 is 0 Å². The third-order valence-corrected chi connectivity index (χ3v) is 0. The van der Waals surface area contributed by atoms with Crippen molar-refractivity contribution < 1.29 is 208 Å². The van der Waals surface area contributed by atoms with Crippen molar-refractivity contribution in [2.75, 3.05) is 0 Å². The average molecular weight is 958 g/mol. The molecule has 0 saturated carbocycles. The van der Waals surface area contributed by atoms with Crippen LogP contribution in [-0.2, 0) is 165 Å². The monoisotopic (exact) mass is 953 g/mol. The molecule has 0 aliphatic carbocycles. The summed E-state index contributed by atoms with van der Waals surface area (Å²) in [5.41, 5.74) is 0. The normalized spacial score (nSPS) is 9.67. The molecule has 0 aliphatic rings. The standard InChI is InChI=1S/6Cu.6H2O4S/c;;;;;;6*1-5(2,3)4/h;;;;;;6*(H2,1,2,3,4)/q6*+2;;;;;;/p-12. The topological polar surface area (TPSA) is 482 Å². The van der Waals surface area contributed by atoms with Gasteiger partial charge in [0.05, 0.1) is 0 Å². The number of hydrogen-bond acceptors (Lipinski definition) is 24. The predicted octanol–water partition coefficient (Wildman–Crippen LogP) is -8.04. The van der Waals surface area contributed by atoms with E-state index in [2.05, 4.69) is 0 Å². The fraction of sp³-hybridized carbons (Fsp3) is 0. The Morgan fingerprint density at radius 2 is 0.194 bits per heavy atom. The summed E-state index contributed by atoms with van der Waals surface area (Å²) in [7, 11) is -31.0. The first kappa shape index (κ1) is 77.0. The minimum Gasteiger partial charge on any atom is -0.759 e. The third-order valence-electron chi connectivity index (χ3n) is 0. The fourth-order valence-electron chi connectivity index (χ4n) is 0. The van der Waals surface area contributed by atoms with Crippen molar-refractivity contribution in [2.45, 2.75) is 0 Å². The summed E-state index contributed by atoms with van der Waals surface area (Å²) in [5, 5.41) is 0. The molecule has 36 heteroatoms. The van der Waals surface area contributed by atoms with Crippen LogP contribution in [-0.4, -0.2) is 105 Å². The van der Waals surface area contributed by atoms with Gasteiger partial charge in [-0.15, -0.1) is 0 Å². The summed E-state index contributed by atoms with van der Waals surface area (Å²) in [4.78, 5) is 0. The summed E-state index contributed by atoms with van der Waals surface area (Å²) in [6.45, 7) is 0. The van der Waals surface area contributed by atoms with Crippen LogP contribution in [0.5, 0.6) is 0 Å². The van der Waals surface area contributed by atoms with Gasteiger partial charge in [0.1, 0.15) is 0 Å². The van der Waals surface area contributed by atoms with Crippen molar-refractivity contribution >= 4 is 62.4 Å². The van der Waals surface area contributed by atoms with Gasteiger partial charge in [-0.05, 0) is 0 Å². The zero-order chi connectivity index (χ0) is 27.0. The first-order chi connectivity index (χ1) is 12.0. The van der Waals surface area contributed by atoms with Gasteiger partial charge >= 0.3 is 102 Å². The van der Waals surface area contributed by atoms with Gasteiger partial charge in [0, 0.05) is 62.4 Å². The van der Waals surface area contributed by atoms with Crippen molar-refractivity contribution in [3.63, 3.8) is 0 Å². The molecule has 0 N–H and O–H groups in total. The maximum absolute atomic E-state index is 8.52. The molecule has 24 nitrogen and oxygen atoms in total. The van der Waals surface area contributed by atoms with E-state index in [-0.39, 0.29) is 102 Å². The summed E-state index contributed by atoms with van der Waals surface area (Å²) in [5.74, 6) is 0. The van der Waals surface area contributed by atoms with E-state index in [1.807, 2.05) is 0 Å². The quantitative estimate of drug-likeness (QED) is 0.124. The molecule has 0 saturated heterocycles. The van der Waals surface area contributed by atoms with Gasteiger partial charge in [0.25, 0.3) is 0 Å². The van der Waals surface area contributed by atoms with Crippen LogP contribution in [0.1, 0.15) is 0 Å². The summed E-state index contributed by atoms with van der Waals surface area (Å²) in [6, 6.07) is 0. The van der Waals surface area contributed by atoms with Crippen LogP contribution in [0, 0.1) is 0 Å². The van der Waals surface area contributed by atoms with Crippen molar-refractivity contribution in [2.24, 2.45) is 0 Å². The molecule has 0 aromatic heterocycles. The first-order valence-electron chi connectivity index (χ1n) is 4.00. The smallest absolute Gasteiger partial charge is 0.759 e. The third kappa shape index (κ3) is 8310. The molecule has 0 heterocycles. The van der Waals surface area contributed by atoms with Crippen LogP contribution in [0.25, 0.3) is 0 Å². The van der Waals surface area contributed by atoms with Crippen LogP contribution in [0.15, 0.2) is 0 Å². The largest absolute Gasteiger partial charge is 2.00 e. The maximum Gasteiger partial charge on any atom is 2.00 e. The van der Waals surface area contributed by atoms with E-state index in [1.165, 1.54) is 0 Å². The molecule has 6 radical (unpaired) electrons. The molecule has 36 heavy (non-hydrogen) atoms. The van der Waals surface area contributed by atoms with Crippen LogP contribution < -0.4 is 0 Å². The molecule has 0 amide bonds. The molecule has 246 valence electrons. The molecule has 0 aromatic carbocycles. The van der Waals surface area contributed by atoms with E-state index in [1.54, 1.807) is 0 Å². The van der Waals surface area contributed by atoms with Gasteiger partial charge in [-0.3, -0.25) is 50.5 Å². The second kappa shape index (κ2) is 33.5. The second-order valence-electron chi connectivity index (χ2n) is 2.45. The van der Waals surface area contributed by atoms with Gasteiger partial charge in [-0.1, -0.05) is 0 Å². The zero-order valence-corrected chi connectivity index (χ0v) is 24.6. The Labute approximate surface area is 267 Å². The molecular weight excluding hydrogens is 958 g/mol. The van der Waals surface area contributed by atoms with Crippen LogP contribution in [0.2, 0.25) is 0 Å². The molecule has 0 atom stereocenters. The van der Waals surface area contributed by atoms with Crippen LogP contribution in [0.4, 0.5) is 0 Å². The fourth-order valence-corrected chi connectivity index (χ4v) is 0. The Balaban J connectivity index is -0.0000000186. The van der Waals surface area contributed by atoms with Gasteiger partial charge in [0.15, 0.2) is 0 Å². The Hall–Kier alpha value is 2.34. The van der Waals surface area contributed by atoms with Crippen molar-refractivity contribution in [3.05, 3.63) is 0 Å². The minimum absolute atomic E-state index is 0. The van der Waals surface area contributed by atoms with Crippen molar-refractivity contribution in [1.82, 2.24) is 0 Å². The molecule has 0 fully saturated rings. The van der Waals surface area contributed by atoms with E-state index in [0.717, 1.165) is 0 Å². The Bertz CT molecular complexity index is 777. The SMILES string of the molecule is O=S(=O)([O-])[O-].O=S(=O)([O-])[O-].O=S(=O)([O-])[O-].O=S(=O)([O-])[O-].O=S(=O)([O-])[O-].O=S(=O)([O-])[O-].[Cu+2].[Cu+2].[Cu+2].[Cu+2].[Cu+2].[Cu+2]. The maximum atomic E-state index is 8.52. The predicted molar refractivity (Wildman–Crippen MR) is 62.8 cm³/mol. The van der Waals surface area contributed by atoms with Crippen LogP contribution in [0.3, 0.4) is 0 Å². The Morgan fingerprint density at radius 3 is 0.194 bits per heavy atom. The number of hydrogen-bond donors (Lipinski definition) is 0. The molecule has 0 rings (SSSR count). The van der Waals surface area contributed by atoms with Gasteiger partial charge in [-0.2, -0.15) is 0 Å². The van der Waals surface area contributed by atoms with E-state index < -0.39 is 62.4 Å². The molecule has 0 unspecified atom stereocenters. The van der Waals surface area contributed by atoms with E-state index in [0.29, 0.717) is 0 Å². The summed E-state index contributed by atoms with van der Waals surface area (Å²) < 4.78 is 205. The molecule has 0 aliphatic heterocycles.